The number of nitrogens with one attached hydrogen (secondary N) is 1. The SMILES string of the molecule is O=C(O)c1csc(CNc2ccc(Br)c(F)c2)c1. The van der Waals surface area contributed by atoms with Gasteiger partial charge in [0.15, 0.2) is 0 Å². The van der Waals surface area contributed by atoms with Gasteiger partial charge >= 0.3 is 5.97 Å². The van der Waals surface area contributed by atoms with Gasteiger partial charge in [-0.2, -0.15) is 0 Å². The van der Waals surface area contributed by atoms with Crippen LogP contribution in [0.1, 0.15) is 15.2 Å². The Morgan fingerprint density at radius 1 is 1.44 bits per heavy atom. The fourth-order valence-corrected chi connectivity index (χ4v) is 2.43. The monoisotopic (exact) mass is 329 g/mol. The second kappa shape index (κ2) is 5.49. The van der Waals surface area contributed by atoms with E-state index < -0.39 is 5.97 Å². The third-order valence-electron chi connectivity index (χ3n) is 2.29. The van der Waals surface area contributed by atoms with Crippen LogP contribution in [-0.4, -0.2) is 11.1 Å². The number of halogens is 2. The first-order valence-electron chi connectivity index (χ1n) is 5.06. The number of carboxylic acid groups (broad SMARTS) is 1. The third-order valence-corrected chi connectivity index (χ3v) is 3.87. The molecule has 6 heteroatoms. The van der Waals surface area contributed by atoms with E-state index in [-0.39, 0.29) is 11.4 Å². The number of thiophene rings is 1. The van der Waals surface area contributed by atoms with Crippen LogP contribution >= 0.6 is 27.3 Å². The quantitative estimate of drug-likeness (QED) is 0.892. The largest absolute Gasteiger partial charge is 0.478 e. The molecule has 0 spiro atoms. The van der Waals surface area contributed by atoms with Crippen molar-refractivity contribution >= 4 is 38.9 Å². The predicted molar refractivity (Wildman–Crippen MR) is 72.7 cm³/mol. The predicted octanol–water partition coefficient (Wildman–Crippen LogP) is 3.96. The summed E-state index contributed by atoms with van der Waals surface area (Å²) in [7, 11) is 0. The number of carboxylic acids is 1. The number of hydrogen-bond donors (Lipinski definition) is 2. The summed E-state index contributed by atoms with van der Waals surface area (Å²) in [6, 6.07) is 6.36. The molecule has 94 valence electrons. The van der Waals surface area contributed by atoms with Crippen molar-refractivity contribution in [1.29, 1.82) is 0 Å². The van der Waals surface area contributed by atoms with Gasteiger partial charge in [0.1, 0.15) is 5.82 Å². The molecule has 1 heterocycles. The second-order valence-electron chi connectivity index (χ2n) is 3.59. The molecule has 0 aliphatic heterocycles. The van der Waals surface area contributed by atoms with Crippen molar-refractivity contribution in [3.05, 3.63) is 50.4 Å². The van der Waals surface area contributed by atoms with Crippen LogP contribution in [0, 0.1) is 5.82 Å². The summed E-state index contributed by atoms with van der Waals surface area (Å²) in [5.41, 5.74) is 0.930. The summed E-state index contributed by atoms with van der Waals surface area (Å²) < 4.78 is 13.7. The van der Waals surface area contributed by atoms with E-state index in [1.165, 1.54) is 17.4 Å². The molecule has 0 atom stereocenters. The van der Waals surface area contributed by atoms with Crippen LogP contribution in [-0.2, 0) is 6.54 Å². The molecule has 0 radical (unpaired) electrons. The summed E-state index contributed by atoms with van der Waals surface area (Å²) in [6.45, 7) is 0.471. The summed E-state index contributed by atoms with van der Waals surface area (Å²) in [5, 5.41) is 13.4. The first kappa shape index (κ1) is 13.0. The standard InChI is InChI=1S/C12H9BrFNO2S/c13-10-2-1-8(4-11(10)14)15-5-9-3-7(6-18-9)12(16)17/h1-4,6,15H,5H2,(H,16,17). The molecule has 0 aliphatic carbocycles. The van der Waals surface area contributed by atoms with Crippen molar-refractivity contribution in [2.24, 2.45) is 0 Å². The Balaban J connectivity index is 2.02. The molecule has 0 bridgehead atoms. The molecule has 1 aromatic carbocycles. The van der Waals surface area contributed by atoms with Crippen molar-refractivity contribution in [3.8, 4) is 0 Å². The van der Waals surface area contributed by atoms with Gasteiger partial charge in [0.25, 0.3) is 0 Å². The third kappa shape index (κ3) is 3.08. The fourth-order valence-electron chi connectivity index (χ4n) is 1.38. The zero-order chi connectivity index (χ0) is 13.1. The molecule has 1 aromatic heterocycles. The van der Waals surface area contributed by atoms with Gasteiger partial charge in [-0.15, -0.1) is 11.3 Å². The fraction of sp³-hybridized carbons (Fsp3) is 0.0833. The number of aromatic carboxylic acids is 1. The zero-order valence-electron chi connectivity index (χ0n) is 9.11. The number of carbonyl (C=O) groups is 1. The number of benzene rings is 1. The van der Waals surface area contributed by atoms with Crippen LogP contribution in [0.25, 0.3) is 0 Å². The van der Waals surface area contributed by atoms with E-state index >= 15 is 0 Å². The van der Waals surface area contributed by atoms with Gasteiger partial charge in [-0.1, -0.05) is 0 Å². The van der Waals surface area contributed by atoms with E-state index in [1.807, 2.05) is 0 Å². The lowest BCUT2D eigenvalue weighted by atomic mass is 10.3. The summed E-state index contributed by atoms with van der Waals surface area (Å²) in [4.78, 5) is 11.6. The van der Waals surface area contributed by atoms with Crippen LogP contribution in [0.2, 0.25) is 0 Å². The van der Waals surface area contributed by atoms with E-state index in [4.69, 9.17) is 5.11 Å². The normalized spacial score (nSPS) is 10.3. The van der Waals surface area contributed by atoms with Gasteiger partial charge < -0.3 is 10.4 Å². The zero-order valence-corrected chi connectivity index (χ0v) is 11.5. The van der Waals surface area contributed by atoms with E-state index in [9.17, 15) is 9.18 Å². The molecule has 0 saturated heterocycles. The molecule has 0 amide bonds. The van der Waals surface area contributed by atoms with Crippen molar-refractivity contribution in [2.45, 2.75) is 6.54 Å². The van der Waals surface area contributed by atoms with Crippen molar-refractivity contribution in [1.82, 2.24) is 0 Å². The van der Waals surface area contributed by atoms with Crippen LogP contribution < -0.4 is 5.32 Å². The molecule has 2 aromatic rings. The highest BCUT2D eigenvalue weighted by Gasteiger charge is 2.06. The van der Waals surface area contributed by atoms with Gasteiger partial charge in [0.05, 0.1) is 10.0 Å². The molecule has 0 unspecified atom stereocenters. The Kier molecular flexibility index (Phi) is 3.98. The number of anilines is 1. The van der Waals surface area contributed by atoms with Crippen LogP contribution in [0.3, 0.4) is 0 Å². The van der Waals surface area contributed by atoms with Crippen molar-refractivity contribution < 1.29 is 14.3 Å². The molecule has 3 nitrogen and oxygen atoms in total. The minimum absolute atomic E-state index is 0.277. The lowest BCUT2D eigenvalue weighted by Gasteiger charge is -2.05. The highest BCUT2D eigenvalue weighted by atomic mass is 79.9. The summed E-state index contributed by atoms with van der Waals surface area (Å²) in [5.74, 6) is -1.27. The Morgan fingerprint density at radius 2 is 2.22 bits per heavy atom. The Bertz CT molecular complexity index is 585. The van der Waals surface area contributed by atoms with Gasteiger partial charge in [-0.25, -0.2) is 9.18 Å². The van der Waals surface area contributed by atoms with Crippen LogP contribution in [0.5, 0.6) is 0 Å². The highest BCUT2D eigenvalue weighted by molar-refractivity contribution is 9.10. The highest BCUT2D eigenvalue weighted by Crippen LogP contribution is 2.21. The Labute approximate surface area is 115 Å². The van der Waals surface area contributed by atoms with E-state index in [2.05, 4.69) is 21.2 Å². The molecular weight excluding hydrogens is 321 g/mol. The van der Waals surface area contributed by atoms with Gasteiger partial charge in [0, 0.05) is 22.5 Å². The molecule has 0 fully saturated rings. The minimum Gasteiger partial charge on any atom is -0.478 e. The molecule has 0 aliphatic rings. The van der Waals surface area contributed by atoms with Crippen LogP contribution in [0.15, 0.2) is 34.1 Å². The lowest BCUT2D eigenvalue weighted by Crippen LogP contribution is -1.98. The molecule has 2 N–H and O–H groups in total. The maximum absolute atomic E-state index is 13.3. The first-order valence-corrected chi connectivity index (χ1v) is 6.73. The first-order chi connectivity index (χ1) is 8.56. The van der Waals surface area contributed by atoms with Crippen LogP contribution in [0.4, 0.5) is 10.1 Å². The topological polar surface area (TPSA) is 49.3 Å². The summed E-state index contributed by atoms with van der Waals surface area (Å²) >= 11 is 4.44. The van der Waals surface area contributed by atoms with Gasteiger partial charge in [-0.05, 0) is 40.2 Å². The minimum atomic E-state index is -0.938. The van der Waals surface area contributed by atoms with Crippen molar-refractivity contribution in [2.75, 3.05) is 5.32 Å². The smallest absolute Gasteiger partial charge is 0.336 e. The number of rotatable bonds is 4. The molecule has 2 rings (SSSR count). The molecule has 18 heavy (non-hydrogen) atoms. The Hall–Kier alpha value is -1.40. The average molecular weight is 330 g/mol. The van der Waals surface area contributed by atoms with E-state index in [0.29, 0.717) is 16.7 Å². The van der Waals surface area contributed by atoms with Crippen molar-refractivity contribution in [3.63, 3.8) is 0 Å². The summed E-state index contributed by atoms with van der Waals surface area (Å²) in [6.07, 6.45) is 0. The van der Waals surface area contributed by atoms with Gasteiger partial charge in [-0.3, -0.25) is 0 Å². The van der Waals surface area contributed by atoms with Gasteiger partial charge in [0.2, 0.25) is 0 Å². The maximum atomic E-state index is 13.3. The number of hydrogen-bond acceptors (Lipinski definition) is 3. The second-order valence-corrected chi connectivity index (χ2v) is 5.44. The maximum Gasteiger partial charge on any atom is 0.336 e. The van der Waals surface area contributed by atoms with E-state index in [1.54, 1.807) is 23.6 Å². The lowest BCUT2D eigenvalue weighted by molar-refractivity contribution is 0.0697. The Morgan fingerprint density at radius 3 is 2.83 bits per heavy atom. The molecular formula is C12H9BrFNO2S. The molecule has 0 saturated carbocycles. The average Bonchev–Trinajstić information content (AvgIpc) is 2.79. The van der Waals surface area contributed by atoms with E-state index in [0.717, 1.165) is 4.88 Å².